The van der Waals surface area contributed by atoms with Crippen LogP contribution in [0.1, 0.15) is 33.1 Å². The fourth-order valence-electron chi connectivity index (χ4n) is 3.67. The molecule has 1 aliphatic carbocycles. The molecule has 1 heterocycles. The highest BCUT2D eigenvalue weighted by Gasteiger charge is 2.44. The van der Waals surface area contributed by atoms with Crippen molar-refractivity contribution >= 4 is 21.7 Å². The van der Waals surface area contributed by atoms with Crippen LogP contribution in [0.3, 0.4) is 0 Å². The van der Waals surface area contributed by atoms with Gasteiger partial charge in [-0.05, 0) is 32.1 Å². The van der Waals surface area contributed by atoms with Gasteiger partial charge in [-0.15, -0.1) is 0 Å². The normalized spacial score (nSPS) is 34.8. The van der Waals surface area contributed by atoms with Gasteiger partial charge in [0.2, 0.25) is 5.91 Å². The van der Waals surface area contributed by atoms with Gasteiger partial charge >= 0.3 is 5.97 Å². The third kappa shape index (κ3) is 3.39. The van der Waals surface area contributed by atoms with E-state index in [4.69, 9.17) is 0 Å². The quantitative estimate of drug-likeness (QED) is 0.827. The van der Waals surface area contributed by atoms with Crippen molar-refractivity contribution in [2.24, 2.45) is 17.8 Å². The van der Waals surface area contributed by atoms with Crippen LogP contribution in [0.4, 0.5) is 0 Å². The van der Waals surface area contributed by atoms with Crippen LogP contribution in [-0.4, -0.2) is 54.4 Å². The van der Waals surface area contributed by atoms with E-state index in [0.717, 1.165) is 0 Å². The van der Waals surface area contributed by atoms with Gasteiger partial charge in [0, 0.05) is 12.6 Å². The minimum atomic E-state index is -3.06. The number of hydrogen-bond donors (Lipinski definition) is 1. The van der Waals surface area contributed by atoms with Crippen molar-refractivity contribution in [1.82, 2.24) is 4.90 Å². The van der Waals surface area contributed by atoms with Gasteiger partial charge in [0.15, 0.2) is 9.84 Å². The molecule has 1 amide bonds. The zero-order valence-electron chi connectivity index (χ0n) is 12.5. The summed E-state index contributed by atoms with van der Waals surface area (Å²) in [6.45, 7) is 4.20. The number of nitrogens with zero attached hydrogens (tertiary/aromatic N) is 1. The lowest BCUT2D eigenvalue weighted by molar-refractivity contribution is -0.149. The van der Waals surface area contributed by atoms with Gasteiger partial charge in [-0.2, -0.15) is 0 Å². The predicted molar refractivity (Wildman–Crippen MR) is 77.5 cm³/mol. The molecule has 0 bridgehead atoms. The van der Waals surface area contributed by atoms with Crippen molar-refractivity contribution in [1.29, 1.82) is 0 Å². The lowest BCUT2D eigenvalue weighted by atomic mass is 9.94. The van der Waals surface area contributed by atoms with E-state index >= 15 is 0 Å². The highest BCUT2D eigenvalue weighted by atomic mass is 32.2. The molecule has 4 unspecified atom stereocenters. The van der Waals surface area contributed by atoms with Crippen LogP contribution in [-0.2, 0) is 19.4 Å². The van der Waals surface area contributed by atoms with Gasteiger partial charge in [-0.25, -0.2) is 8.42 Å². The summed E-state index contributed by atoms with van der Waals surface area (Å²) >= 11 is 0. The van der Waals surface area contributed by atoms with Crippen molar-refractivity contribution < 1.29 is 23.1 Å². The lowest BCUT2D eigenvalue weighted by Gasteiger charge is -2.30. The van der Waals surface area contributed by atoms with Crippen LogP contribution in [0.15, 0.2) is 0 Å². The second kappa shape index (κ2) is 5.94. The number of carbonyl (C=O) groups is 2. The second-order valence-electron chi connectivity index (χ2n) is 6.31. The topological polar surface area (TPSA) is 91.8 Å². The van der Waals surface area contributed by atoms with Crippen molar-refractivity contribution in [3.05, 3.63) is 0 Å². The Morgan fingerprint density at radius 2 is 1.86 bits per heavy atom. The van der Waals surface area contributed by atoms with E-state index in [-0.39, 0.29) is 29.4 Å². The average molecular weight is 317 g/mol. The fraction of sp³-hybridized carbons (Fsp3) is 0.857. The Morgan fingerprint density at radius 1 is 1.24 bits per heavy atom. The first kappa shape index (κ1) is 16.3. The number of sulfone groups is 1. The molecular weight excluding hydrogens is 294 g/mol. The zero-order valence-corrected chi connectivity index (χ0v) is 13.3. The molecule has 21 heavy (non-hydrogen) atoms. The first-order chi connectivity index (χ1) is 9.75. The molecule has 2 rings (SSSR count). The monoisotopic (exact) mass is 317 g/mol. The molecule has 7 heteroatoms. The number of hydrogen-bond acceptors (Lipinski definition) is 4. The summed E-state index contributed by atoms with van der Waals surface area (Å²) in [6, 6.07) is -0.294. The molecule has 4 atom stereocenters. The Kier molecular flexibility index (Phi) is 4.60. The molecule has 0 aromatic carbocycles. The molecule has 120 valence electrons. The number of amides is 1. The Labute approximate surface area is 125 Å². The summed E-state index contributed by atoms with van der Waals surface area (Å²) < 4.78 is 23.2. The summed E-state index contributed by atoms with van der Waals surface area (Å²) in [4.78, 5) is 25.6. The van der Waals surface area contributed by atoms with E-state index in [9.17, 15) is 23.1 Å². The SMILES string of the molecule is CCN(C(=O)C1CC(C)CC1C(=O)O)C1CCS(=O)(=O)C1. The summed E-state index contributed by atoms with van der Waals surface area (Å²) in [7, 11) is -3.06. The van der Waals surface area contributed by atoms with Crippen LogP contribution >= 0.6 is 0 Å². The molecule has 0 spiro atoms. The molecule has 2 fully saturated rings. The Balaban J connectivity index is 2.15. The van der Waals surface area contributed by atoms with Gasteiger partial charge in [-0.1, -0.05) is 6.92 Å². The molecular formula is C14H23NO5S. The Bertz CT molecular complexity index is 529. The Morgan fingerprint density at radius 3 is 2.33 bits per heavy atom. The van der Waals surface area contributed by atoms with Crippen LogP contribution < -0.4 is 0 Å². The molecule has 0 aromatic heterocycles. The van der Waals surface area contributed by atoms with Crippen LogP contribution in [0.25, 0.3) is 0 Å². The maximum absolute atomic E-state index is 12.7. The minimum Gasteiger partial charge on any atom is -0.481 e. The summed E-state index contributed by atoms with van der Waals surface area (Å²) in [5.74, 6) is -1.92. The van der Waals surface area contributed by atoms with Gasteiger partial charge in [0.05, 0.1) is 23.3 Å². The molecule has 0 aromatic rings. The number of rotatable bonds is 4. The Hall–Kier alpha value is -1.11. The van der Waals surface area contributed by atoms with E-state index in [2.05, 4.69) is 0 Å². The van der Waals surface area contributed by atoms with Gasteiger partial charge in [0.25, 0.3) is 0 Å². The van der Waals surface area contributed by atoms with Crippen LogP contribution in [0, 0.1) is 17.8 Å². The van der Waals surface area contributed by atoms with Crippen LogP contribution in [0.2, 0.25) is 0 Å². The third-order valence-corrected chi connectivity index (χ3v) is 6.46. The maximum atomic E-state index is 12.7. The van der Waals surface area contributed by atoms with Crippen molar-refractivity contribution in [3.8, 4) is 0 Å². The summed E-state index contributed by atoms with van der Waals surface area (Å²) in [5, 5.41) is 9.29. The molecule has 0 radical (unpaired) electrons. The number of carboxylic acid groups (broad SMARTS) is 1. The van der Waals surface area contributed by atoms with E-state index in [0.29, 0.717) is 25.8 Å². The predicted octanol–water partition coefficient (Wildman–Crippen LogP) is 0.769. The fourth-order valence-corrected chi connectivity index (χ4v) is 5.40. The molecule has 1 saturated heterocycles. The van der Waals surface area contributed by atoms with E-state index in [1.165, 1.54) is 0 Å². The van der Waals surface area contributed by atoms with E-state index in [1.54, 1.807) is 4.90 Å². The second-order valence-corrected chi connectivity index (χ2v) is 8.54. The lowest BCUT2D eigenvalue weighted by Crippen LogP contribution is -2.45. The first-order valence-corrected chi connectivity index (χ1v) is 9.31. The summed E-state index contributed by atoms with van der Waals surface area (Å²) in [6.07, 6.45) is 1.56. The number of carboxylic acids is 1. The number of carbonyl (C=O) groups excluding carboxylic acids is 1. The maximum Gasteiger partial charge on any atom is 0.307 e. The molecule has 2 aliphatic rings. The van der Waals surface area contributed by atoms with Crippen molar-refractivity contribution in [2.45, 2.75) is 39.2 Å². The van der Waals surface area contributed by atoms with Gasteiger partial charge in [0.1, 0.15) is 0 Å². The zero-order chi connectivity index (χ0) is 15.8. The third-order valence-electron chi connectivity index (χ3n) is 4.71. The standard InChI is InChI=1S/C14H23NO5S/c1-3-15(10-4-5-21(19,20)8-10)13(16)11-6-9(2)7-12(11)14(17)18/h9-12H,3-8H2,1-2H3,(H,17,18). The average Bonchev–Trinajstić information content (AvgIpc) is 2.93. The van der Waals surface area contributed by atoms with Gasteiger partial charge < -0.3 is 10.0 Å². The largest absolute Gasteiger partial charge is 0.481 e. The first-order valence-electron chi connectivity index (χ1n) is 7.49. The van der Waals surface area contributed by atoms with Crippen molar-refractivity contribution in [2.75, 3.05) is 18.1 Å². The number of aliphatic carboxylic acids is 1. The van der Waals surface area contributed by atoms with E-state index in [1.807, 2.05) is 13.8 Å². The minimum absolute atomic E-state index is 0.00654. The van der Waals surface area contributed by atoms with Gasteiger partial charge in [-0.3, -0.25) is 9.59 Å². The van der Waals surface area contributed by atoms with E-state index < -0.39 is 27.6 Å². The smallest absolute Gasteiger partial charge is 0.307 e. The molecule has 1 aliphatic heterocycles. The highest BCUT2D eigenvalue weighted by Crippen LogP contribution is 2.38. The van der Waals surface area contributed by atoms with Crippen LogP contribution in [0.5, 0.6) is 0 Å². The van der Waals surface area contributed by atoms with Crippen molar-refractivity contribution in [3.63, 3.8) is 0 Å². The molecule has 6 nitrogen and oxygen atoms in total. The summed E-state index contributed by atoms with van der Waals surface area (Å²) in [5.41, 5.74) is 0. The molecule has 1 saturated carbocycles. The highest BCUT2D eigenvalue weighted by molar-refractivity contribution is 7.91. The molecule has 1 N–H and O–H groups in total.